The molecule has 0 amide bonds. The highest BCUT2D eigenvalue weighted by atomic mass is 35.5. The molecule has 6 heteroatoms. The van der Waals surface area contributed by atoms with Crippen LogP contribution >= 0.6 is 23.2 Å². The summed E-state index contributed by atoms with van der Waals surface area (Å²) >= 11 is 12.0. The first-order valence-corrected chi connectivity index (χ1v) is 7.25. The fourth-order valence-electron chi connectivity index (χ4n) is 2.00. The van der Waals surface area contributed by atoms with Crippen molar-refractivity contribution in [2.75, 3.05) is 5.32 Å². The molecule has 20 heavy (non-hydrogen) atoms. The molecule has 0 aliphatic heterocycles. The summed E-state index contributed by atoms with van der Waals surface area (Å²) in [5.74, 6) is -0.382. The SMILES string of the molecule is CCc1nn(CC)c(CNc2ccc(Cl)cc2F)c1Cl. The van der Waals surface area contributed by atoms with E-state index in [1.54, 1.807) is 12.1 Å². The second-order valence-electron chi connectivity index (χ2n) is 4.35. The van der Waals surface area contributed by atoms with Crippen molar-refractivity contribution in [1.29, 1.82) is 0 Å². The quantitative estimate of drug-likeness (QED) is 0.879. The van der Waals surface area contributed by atoms with Crippen molar-refractivity contribution in [3.63, 3.8) is 0 Å². The minimum absolute atomic E-state index is 0.373. The maximum absolute atomic E-state index is 13.7. The van der Waals surface area contributed by atoms with Gasteiger partial charge in [0.15, 0.2) is 0 Å². The molecule has 0 unspecified atom stereocenters. The molecule has 3 nitrogen and oxygen atoms in total. The summed E-state index contributed by atoms with van der Waals surface area (Å²) in [7, 11) is 0. The van der Waals surface area contributed by atoms with Crippen molar-refractivity contribution < 1.29 is 4.39 Å². The number of hydrogen-bond donors (Lipinski definition) is 1. The fourth-order valence-corrected chi connectivity index (χ4v) is 2.49. The zero-order chi connectivity index (χ0) is 14.7. The number of halogens is 3. The van der Waals surface area contributed by atoms with Crippen LogP contribution in [0.2, 0.25) is 10.0 Å². The van der Waals surface area contributed by atoms with E-state index in [-0.39, 0.29) is 5.82 Å². The van der Waals surface area contributed by atoms with Gasteiger partial charge in [-0.05, 0) is 31.5 Å². The molecule has 0 aliphatic rings. The molecule has 0 atom stereocenters. The summed E-state index contributed by atoms with van der Waals surface area (Å²) in [5.41, 5.74) is 2.12. The van der Waals surface area contributed by atoms with E-state index in [4.69, 9.17) is 23.2 Å². The van der Waals surface area contributed by atoms with Gasteiger partial charge in [-0.15, -0.1) is 0 Å². The molecular formula is C14H16Cl2FN3. The van der Waals surface area contributed by atoms with E-state index in [9.17, 15) is 4.39 Å². The number of rotatable bonds is 5. The van der Waals surface area contributed by atoms with E-state index in [0.717, 1.165) is 24.4 Å². The highest BCUT2D eigenvalue weighted by Crippen LogP contribution is 2.24. The maximum atomic E-state index is 13.7. The Bertz CT molecular complexity index is 611. The van der Waals surface area contributed by atoms with E-state index < -0.39 is 0 Å². The molecule has 108 valence electrons. The molecule has 0 bridgehead atoms. The standard InChI is InChI=1S/C14H16Cl2FN3/c1-3-11-14(16)13(20(4-2)19-11)8-18-12-6-5-9(15)7-10(12)17/h5-7,18H,3-4,8H2,1-2H3. The molecule has 1 aromatic carbocycles. The van der Waals surface area contributed by atoms with Crippen LogP contribution in [0.25, 0.3) is 0 Å². The number of anilines is 1. The van der Waals surface area contributed by atoms with Crippen molar-refractivity contribution in [3.8, 4) is 0 Å². The summed E-state index contributed by atoms with van der Waals surface area (Å²) in [5, 5.41) is 8.48. The lowest BCUT2D eigenvalue weighted by Gasteiger charge is -2.09. The van der Waals surface area contributed by atoms with Crippen LogP contribution in [0.5, 0.6) is 0 Å². The third-order valence-corrected chi connectivity index (χ3v) is 3.74. The predicted molar refractivity (Wildman–Crippen MR) is 81.0 cm³/mol. The number of benzene rings is 1. The van der Waals surface area contributed by atoms with Crippen LogP contribution < -0.4 is 5.32 Å². The van der Waals surface area contributed by atoms with Crippen molar-refractivity contribution >= 4 is 28.9 Å². The summed E-state index contributed by atoms with van der Waals surface area (Å²) in [6, 6.07) is 4.53. The molecular weight excluding hydrogens is 300 g/mol. The number of hydrogen-bond acceptors (Lipinski definition) is 2. The Morgan fingerprint density at radius 1 is 1.30 bits per heavy atom. The third-order valence-electron chi connectivity index (χ3n) is 3.07. The summed E-state index contributed by atoms with van der Waals surface area (Å²) in [6.07, 6.45) is 0.772. The van der Waals surface area contributed by atoms with E-state index in [1.807, 2.05) is 18.5 Å². The Balaban J connectivity index is 2.20. The van der Waals surface area contributed by atoms with Crippen molar-refractivity contribution in [1.82, 2.24) is 9.78 Å². The normalized spacial score (nSPS) is 10.8. The Kier molecular flexibility index (Phi) is 4.89. The maximum Gasteiger partial charge on any atom is 0.147 e. The van der Waals surface area contributed by atoms with Crippen LogP contribution in [-0.2, 0) is 19.5 Å². The van der Waals surface area contributed by atoms with Crippen molar-refractivity contribution in [2.45, 2.75) is 33.4 Å². The Morgan fingerprint density at radius 3 is 2.65 bits per heavy atom. The van der Waals surface area contributed by atoms with Gasteiger partial charge in [0.1, 0.15) is 5.82 Å². The monoisotopic (exact) mass is 315 g/mol. The van der Waals surface area contributed by atoms with Crippen LogP contribution in [0.4, 0.5) is 10.1 Å². The first-order valence-electron chi connectivity index (χ1n) is 6.49. The zero-order valence-electron chi connectivity index (χ0n) is 11.4. The molecule has 2 aromatic rings. The second kappa shape index (κ2) is 6.46. The van der Waals surface area contributed by atoms with Crippen LogP contribution in [0.3, 0.4) is 0 Å². The summed E-state index contributed by atoms with van der Waals surface area (Å²) in [4.78, 5) is 0. The molecule has 0 aliphatic carbocycles. The Labute approximate surface area is 127 Å². The van der Waals surface area contributed by atoms with Gasteiger partial charge in [0.25, 0.3) is 0 Å². The van der Waals surface area contributed by atoms with Gasteiger partial charge >= 0.3 is 0 Å². The fraction of sp³-hybridized carbons (Fsp3) is 0.357. The van der Waals surface area contributed by atoms with Gasteiger partial charge in [0.2, 0.25) is 0 Å². The zero-order valence-corrected chi connectivity index (χ0v) is 12.9. The molecule has 0 spiro atoms. The number of aromatic nitrogens is 2. The lowest BCUT2D eigenvalue weighted by molar-refractivity contribution is 0.614. The van der Waals surface area contributed by atoms with Crippen LogP contribution in [0, 0.1) is 5.82 Å². The van der Waals surface area contributed by atoms with Gasteiger partial charge in [-0.2, -0.15) is 5.10 Å². The van der Waals surface area contributed by atoms with Gasteiger partial charge in [0.05, 0.1) is 28.6 Å². The Morgan fingerprint density at radius 2 is 2.05 bits per heavy atom. The summed E-state index contributed by atoms with van der Waals surface area (Å²) in [6.45, 7) is 5.14. The second-order valence-corrected chi connectivity index (χ2v) is 5.17. The largest absolute Gasteiger partial charge is 0.377 e. The number of nitrogens with one attached hydrogen (secondary N) is 1. The van der Waals surface area contributed by atoms with Crippen molar-refractivity contribution in [2.24, 2.45) is 0 Å². The minimum atomic E-state index is -0.382. The average Bonchev–Trinajstić information content (AvgIpc) is 2.74. The Hall–Kier alpha value is -1.26. The van der Waals surface area contributed by atoms with Gasteiger partial charge in [-0.25, -0.2) is 4.39 Å². The van der Waals surface area contributed by atoms with Gasteiger partial charge < -0.3 is 5.32 Å². The highest BCUT2D eigenvalue weighted by Gasteiger charge is 2.14. The number of nitrogens with zero attached hydrogens (tertiary/aromatic N) is 2. The van der Waals surface area contributed by atoms with E-state index in [2.05, 4.69) is 10.4 Å². The average molecular weight is 316 g/mol. The van der Waals surface area contributed by atoms with Gasteiger partial charge in [-0.1, -0.05) is 30.1 Å². The van der Waals surface area contributed by atoms with E-state index >= 15 is 0 Å². The summed E-state index contributed by atoms with van der Waals surface area (Å²) < 4.78 is 15.5. The lowest BCUT2D eigenvalue weighted by Crippen LogP contribution is -2.09. The van der Waals surface area contributed by atoms with Gasteiger partial charge in [0, 0.05) is 11.6 Å². The van der Waals surface area contributed by atoms with Crippen molar-refractivity contribution in [3.05, 3.63) is 45.4 Å². The van der Waals surface area contributed by atoms with Crippen LogP contribution in [0.1, 0.15) is 25.2 Å². The first-order chi connectivity index (χ1) is 9.56. The van der Waals surface area contributed by atoms with Gasteiger partial charge in [-0.3, -0.25) is 4.68 Å². The smallest absolute Gasteiger partial charge is 0.147 e. The van der Waals surface area contributed by atoms with Crippen LogP contribution in [-0.4, -0.2) is 9.78 Å². The minimum Gasteiger partial charge on any atom is -0.377 e. The molecule has 0 fully saturated rings. The highest BCUT2D eigenvalue weighted by molar-refractivity contribution is 6.32. The molecule has 1 heterocycles. The number of aryl methyl sites for hydroxylation is 2. The molecule has 2 rings (SSSR count). The molecule has 1 N–H and O–H groups in total. The molecule has 1 aromatic heterocycles. The van der Waals surface area contributed by atoms with E-state index in [0.29, 0.717) is 22.3 Å². The third kappa shape index (κ3) is 3.07. The topological polar surface area (TPSA) is 29.9 Å². The molecule has 0 saturated heterocycles. The predicted octanol–water partition coefficient (Wildman–Crippen LogP) is 4.52. The lowest BCUT2D eigenvalue weighted by atomic mass is 10.2. The first kappa shape index (κ1) is 15.1. The van der Waals surface area contributed by atoms with E-state index in [1.165, 1.54) is 6.07 Å². The molecule has 0 radical (unpaired) electrons. The van der Waals surface area contributed by atoms with Crippen LogP contribution in [0.15, 0.2) is 18.2 Å². The molecule has 0 saturated carbocycles.